The van der Waals surface area contributed by atoms with E-state index in [2.05, 4.69) is 0 Å². The Morgan fingerprint density at radius 1 is 1.11 bits per heavy atom. The first-order valence-corrected chi connectivity index (χ1v) is 9.26. The van der Waals surface area contributed by atoms with E-state index in [1.807, 2.05) is 36.2 Å². The molecular formula is C20H21NO5S. The van der Waals surface area contributed by atoms with Crippen LogP contribution in [0.2, 0.25) is 0 Å². The van der Waals surface area contributed by atoms with Gasteiger partial charge in [0.15, 0.2) is 5.41 Å². The average molecular weight is 387 g/mol. The van der Waals surface area contributed by atoms with E-state index in [-0.39, 0.29) is 6.42 Å². The van der Waals surface area contributed by atoms with Gasteiger partial charge in [-0.1, -0.05) is 24.8 Å². The zero-order valence-corrected chi connectivity index (χ0v) is 16.4. The molecule has 0 fully saturated rings. The van der Waals surface area contributed by atoms with Crippen LogP contribution in [0.4, 0.5) is 11.4 Å². The van der Waals surface area contributed by atoms with E-state index in [4.69, 9.17) is 9.47 Å². The van der Waals surface area contributed by atoms with E-state index in [1.54, 1.807) is 26.2 Å². The van der Waals surface area contributed by atoms with Crippen LogP contribution in [0.5, 0.6) is 5.75 Å². The summed E-state index contributed by atoms with van der Waals surface area (Å²) in [5, 5.41) is 9.83. The lowest BCUT2D eigenvalue weighted by Gasteiger charge is -2.32. The SMILES string of the molecule is CCC(C(=O)O)(C(=O)OC)c1ccc2c(c1)Sc1cc(OC)ccc1N2C. The number of fused-ring (bicyclic) bond motifs is 2. The number of ether oxygens (including phenoxy) is 2. The zero-order chi connectivity index (χ0) is 19.8. The topological polar surface area (TPSA) is 76.1 Å². The molecule has 6 nitrogen and oxygen atoms in total. The fourth-order valence-corrected chi connectivity index (χ4v) is 4.59. The Morgan fingerprint density at radius 2 is 1.74 bits per heavy atom. The number of benzene rings is 2. The number of hydrogen-bond donors (Lipinski definition) is 1. The van der Waals surface area contributed by atoms with Gasteiger partial charge in [0.25, 0.3) is 0 Å². The van der Waals surface area contributed by atoms with E-state index in [0.29, 0.717) is 5.56 Å². The molecule has 142 valence electrons. The highest BCUT2D eigenvalue weighted by Gasteiger charge is 2.48. The minimum atomic E-state index is -1.72. The molecule has 7 heteroatoms. The molecule has 0 saturated heterocycles. The number of aliphatic carboxylic acids is 1. The fraction of sp³-hybridized carbons (Fsp3) is 0.300. The summed E-state index contributed by atoms with van der Waals surface area (Å²) in [7, 11) is 4.77. The normalized spacial score (nSPS) is 14.6. The molecule has 0 aromatic heterocycles. The molecule has 2 aromatic rings. The molecule has 0 spiro atoms. The summed E-state index contributed by atoms with van der Waals surface area (Å²) in [6, 6.07) is 11.1. The number of carboxylic acid groups (broad SMARTS) is 1. The summed E-state index contributed by atoms with van der Waals surface area (Å²) in [6.07, 6.45) is 0.0959. The molecule has 2 aromatic carbocycles. The second-order valence-corrected chi connectivity index (χ2v) is 7.32. The number of esters is 1. The van der Waals surface area contributed by atoms with Gasteiger partial charge in [-0.3, -0.25) is 9.59 Å². The Balaban J connectivity index is 2.12. The lowest BCUT2D eigenvalue weighted by Crippen LogP contribution is -2.44. The molecule has 0 bridgehead atoms. The molecule has 0 amide bonds. The van der Waals surface area contributed by atoms with E-state index < -0.39 is 17.4 Å². The molecule has 0 radical (unpaired) electrons. The van der Waals surface area contributed by atoms with E-state index in [9.17, 15) is 14.7 Å². The Bertz CT molecular complexity index is 913. The molecule has 1 aliphatic rings. The Morgan fingerprint density at radius 3 is 2.30 bits per heavy atom. The second kappa shape index (κ2) is 7.15. The standard InChI is InChI=1S/C20H21NO5S/c1-5-20(18(22)23,19(24)26-4)12-6-8-14-16(10-12)27-17-11-13(25-3)7-9-15(17)21(14)2/h6-11H,5H2,1-4H3,(H,22,23). The molecule has 3 rings (SSSR count). The van der Waals surface area contributed by atoms with Gasteiger partial charge < -0.3 is 19.5 Å². The van der Waals surface area contributed by atoms with Crippen molar-refractivity contribution in [1.29, 1.82) is 0 Å². The van der Waals surface area contributed by atoms with Crippen molar-refractivity contribution >= 4 is 35.1 Å². The average Bonchev–Trinajstić information content (AvgIpc) is 2.68. The quantitative estimate of drug-likeness (QED) is 0.617. The first-order valence-electron chi connectivity index (χ1n) is 8.45. The maximum Gasteiger partial charge on any atom is 0.327 e. The lowest BCUT2D eigenvalue weighted by molar-refractivity contribution is -0.160. The van der Waals surface area contributed by atoms with Crippen LogP contribution in [0, 0.1) is 0 Å². The number of hydrogen-bond acceptors (Lipinski definition) is 6. The molecule has 1 aliphatic heterocycles. The van der Waals surface area contributed by atoms with Crippen LogP contribution in [0.25, 0.3) is 0 Å². The monoisotopic (exact) mass is 387 g/mol. The Hall–Kier alpha value is -2.67. The summed E-state index contributed by atoms with van der Waals surface area (Å²) in [4.78, 5) is 28.3. The minimum Gasteiger partial charge on any atom is -0.497 e. The van der Waals surface area contributed by atoms with Gasteiger partial charge in [-0.25, -0.2) is 0 Å². The number of carboxylic acids is 1. The van der Waals surface area contributed by atoms with Crippen LogP contribution < -0.4 is 9.64 Å². The third kappa shape index (κ3) is 2.92. The zero-order valence-electron chi connectivity index (χ0n) is 15.6. The van der Waals surface area contributed by atoms with Crippen LogP contribution in [-0.4, -0.2) is 38.3 Å². The van der Waals surface area contributed by atoms with E-state index in [1.165, 1.54) is 18.9 Å². The number of methoxy groups -OCH3 is 2. The molecule has 0 saturated carbocycles. The van der Waals surface area contributed by atoms with Crippen molar-refractivity contribution in [2.75, 3.05) is 26.2 Å². The van der Waals surface area contributed by atoms with Crippen molar-refractivity contribution in [3.05, 3.63) is 42.0 Å². The Kier molecular flexibility index (Phi) is 5.06. The van der Waals surface area contributed by atoms with Crippen molar-refractivity contribution in [1.82, 2.24) is 0 Å². The molecule has 1 N–H and O–H groups in total. The third-order valence-corrected chi connectivity index (χ3v) is 6.09. The second-order valence-electron chi connectivity index (χ2n) is 6.23. The van der Waals surface area contributed by atoms with Crippen LogP contribution in [-0.2, 0) is 19.7 Å². The van der Waals surface area contributed by atoms with Crippen LogP contribution in [0.15, 0.2) is 46.2 Å². The predicted molar refractivity (Wildman–Crippen MR) is 103 cm³/mol. The highest BCUT2D eigenvalue weighted by Crippen LogP contribution is 2.49. The maximum absolute atomic E-state index is 12.4. The van der Waals surface area contributed by atoms with Gasteiger partial charge in [-0.05, 0) is 42.3 Å². The van der Waals surface area contributed by atoms with Gasteiger partial charge in [0.2, 0.25) is 0 Å². The lowest BCUT2D eigenvalue weighted by atomic mass is 9.78. The van der Waals surface area contributed by atoms with Crippen LogP contribution >= 0.6 is 11.8 Å². The minimum absolute atomic E-state index is 0.0959. The van der Waals surface area contributed by atoms with Gasteiger partial charge in [0.05, 0.1) is 25.6 Å². The van der Waals surface area contributed by atoms with Crippen molar-refractivity contribution in [2.24, 2.45) is 0 Å². The first-order chi connectivity index (χ1) is 12.9. The number of anilines is 2. The van der Waals surface area contributed by atoms with Gasteiger partial charge in [-0.15, -0.1) is 0 Å². The summed E-state index contributed by atoms with van der Waals surface area (Å²) >= 11 is 1.52. The number of carbonyl (C=O) groups excluding carboxylic acids is 1. The van der Waals surface area contributed by atoms with Crippen LogP contribution in [0.3, 0.4) is 0 Å². The summed E-state index contributed by atoms with van der Waals surface area (Å²) in [5.41, 5.74) is 0.670. The fourth-order valence-electron chi connectivity index (χ4n) is 3.37. The third-order valence-electron chi connectivity index (χ3n) is 4.99. The molecule has 1 unspecified atom stereocenters. The number of nitrogens with zero attached hydrogens (tertiary/aromatic N) is 1. The van der Waals surface area contributed by atoms with Crippen molar-refractivity contribution in [3.8, 4) is 5.75 Å². The highest BCUT2D eigenvalue weighted by molar-refractivity contribution is 7.99. The predicted octanol–water partition coefficient (Wildman–Crippen LogP) is 3.83. The maximum atomic E-state index is 12.4. The smallest absolute Gasteiger partial charge is 0.327 e. The number of rotatable bonds is 5. The summed E-state index contributed by atoms with van der Waals surface area (Å²) < 4.78 is 10.1. The van der Waals surface area contributed by atoms with Crippen LogP contribution in [0.1, 0.15) is 18.9 Å². The Labute approximate surface area is 162 Å². The summed E-state index contributed by atoms with van der Waals surface area (Å²) in [5.74, 6) is -1.24. The highest BCUT2D eigenvalue weighted by atomic mass is 32.2. The van der Waals surface area contributed by atoms with Gasteiger partial charge in [-0.2, -0.15) is 0 Å². The first kappa shape index (κ1) is 19.1. The van der Waals surface area contributed by atoms with Gasteiger partial charge in [0.1, 0.15) is 5.75 Å². The molecule has 0 aliphatic carbocycles. The van der Waals surface area contributed by atoms with Crippen molar-refractivity contribution in [2.45, 2.75) is 28.6 Å². The molecular weight excluding hydrogens is 366 g/mol. The largest absolute Gasteiger partial charge is 0.497 e. The van der Waals surface area contributed by atoms with E-state index in [0.717, 1.165) is 26.9 Å². The molecule has 1 heterocycles. The van der Waals surface area contributed by atoms with Gasteiger partial charge in [0, 0.05) is 16.8 Å². The van der Waals surface area contributed by atoms with Crippen molar-refractivity contribution < 1.29 is 24.2 Å². The molecule has 27 heavy (non-hydrogen) atoms. The van der Waals surface area contributed by atoms with Gasteiger partial charge >= 0.3 is 11.9 Å². The van der Waals surface area contributed by atoms with E-state index >= 15 is 0 Å². The molecule has 1 atom stereocenters. The van der Waals surface area contributed by atoms with Crippen molar-refractivity contribution in [3.63, 3.8) is 0 Å². The number of carbonyl (C=O) groups is 2. The summed E-state index contributed by atoms with van der Waals surface area (Å²) in [6.45, 7) is 1.67.